The molecule has 0 radical (unpaired) electrons. The van der Waals surface area contributed by atoms with E-state index in [1.165, 1.54) is 0 Å². The van der Waals surface area contributed by atoms with Crippen LogP contribution < -0.4 is 14.8 Å². The van der Waals surface area contributed by atoms with E-state index in [4.69, 9.17) is 9.47 Å². The molecule has 1 atom stereocenters. The number of ether oxygens (including phenoxy) is 2. The second kappa shape index (κ2) is 5.61. The number of Topliss-reactive ketones (excluding diaryl/α,β-unsaturated/α-hetero) is 1. The fraction of sp³-hybridized carbons (Fsp3) is 0.533. The highest BCUT2D eigenvalue weighted by molar-refractivity contribution is 6.05. The normalized spacial score (nSPS) is 22.9. The van der Waals surface area contributed by atoms with Gasteiger partial charge in [-0.2, -0.15) is 0 Å². The molecule has 0 saturated carbocycles. The lowest BCUT2D eigenvalue weighted by Gasteiger charge is -2.33. The van der Waals surface area contributed by atoms with E-state index < -0.39 is 5.54 Å². The largest absolute Gasteiger partial charge is 0.497 e. The molecular formula is C15H21NO3. The molecule has 1 aliphatic heterocycles. The third-order valence-electron chi connectivity index (χ3n) is 3.77. The minimum Gasteiger partial charge on any atom is -0.497 e. The van der Waals surface area contributed by atoms with Gasteiger partial charge in [-0.25, -0.2) is 0 Å². The smallest absolute Gasteiger partial charge is 0.186 e. The number of nitrogens with one attached hydrogen (secondary N) is 1. The van der Waals surface area contributed by atoms with Gasteiger partial charge in [0, 0.05) is 0 Å². The van der Waals surface area contributed by atoms with Crippen molar-refractivity contribution in [1.82, 2.24) is 5.32 Å². The van der Waals surface area contributed by atoms with Gasteiger partial charge < -0.3 is 14.8 Å². The van der Waals surface area contributed by atoms with E-state index in [0.29, 0.717) is 17.1 Å². The van der Waals surface area contributed by atoms with Gasteiger partial charge in [0.15, 0.2) is 5.78 Å². The van der Waals surface area contributed by atoms with Crippen molar-refractivity contribution < 1.29 is 14.3 Å². The fourth-order valence-corrected chi connectivity index (χ4v) is 2.54. The van der Waals surface area contributed by atoms with Crippen molar-refractivity contribution >= 4 is 5.78 Å². The number of carbonyl (C=O) groups is 1. The number of methoxy groups -OCH3 is 2. The zero-order valence-electron chi connectivity index (χ0n) is 11.8. The van der Waals surface area contributed by atoms with E-state index in [1.807, 2.05) is 6.92 Å². The van der Waals surface area contributed by atoms with E-state index in [1.54, 1.807) is 32.4 Å². The number of carbonyl (C=O) groups excluding carboxylic acids is 1. The third-order valence-corrected chi connectivity index (χ3v) is 3.77. The van der Waals surface area contributed by atoms with Crippen LogP contribution in [0.1, 0.15) is 36.5 Å². The predicted molar refractivity (Wildman–Crippen MR) is 74.1 cm³/mol. The van der Waals surface area contributed by atoms with Gasteiger partial charge in [-0.15, -0.1) is 0 Å². The van der Waals surface area contributed by atoms with Crippen LogP contribution in [0, 0.1) is 0 Å². The van der Waals surface area contributed by atoms with Crippen LogP contribution in [0.5, 0.6) is 11.5 Å². The molecule has 104 valence electrons. The second-order valence-electron chi connectivity index (χ2n) is 5.11. The van der Waals surface area contributed by atoms with Crippen LogP contribution in [0.25, 0.3) is 0 Å². The second-order valence-corrected chi connectivity index (χ2v) is 5.11. The molecular weight excluding hydrogens is 242 g/mol. The molecule has 1 saturated heterocycles. The lowest BCUT2D eigenvalue weighted by Crippen LogP contribution is -2.52. The van der Waals surface area contributed by atoms with Crippen molar-refractivity contribution in [1.29, 1.82) is 0 Å². The molecule has 1 N–H and O–H groups in total. The number of hydrogen-bond acceptors (Lipinski definition) is 4. The summed E-state index contributed by atoms with van der Waals surface area (Å²) in [7, 11) is 3.17. The van der Waals surface area contributed by atoms with Crippen molar-refractivity contribution in [2.45, 2.75) is 31.7 Å². The lowest BCUT2D eigenvalue weighted by molar-refractivity contribution is 0.0831. The highest BCUT2D eigenvalue weighted by Crippen LogP contribution is 2.30. The van der Waals surface area contributed by atoms with Gasteiger partial charge >= 0.3 is 0 Å². The van der Waals surface area contributed by atoms with E-state index in [-0.39, 0.29) is 5.78 Å². The average Bonchev–Trinajstić information content (AvgIpc) is 2.46. The molecule has 0 aromatic heterocycles. The molecule has 1 heterocycles. The Bertz CT molecular complexity index is 464. The lowest BCUT2D eigenvalue weighted by atomic mass is 9.83. The maximum absolute atomic E-state index is 12.8. The molecule has 0 amide bonds. The van der Waals surface area contributed by atoms with Gasteiger partial charge in [0.05, 0.1) is 25.3 Å². The molecule has 0 spiro atoms. The topological polar surface area (TPSA) is 47.6 Å². The molecule has 1 unspecified atom stereocenters. The molecule has 1 aromatic rings. The van der Waals surface area contributed by atoms with Crippen LogP contribution in [0.4, 0.5) is 0 Å². The van der Waals surface area contributed by atoms with E-state index in [0.717, 1.165) is 25.8 Å². The molecule has 0 bridgehead atoms. The summed E-state index contributed by atoms with van der Waals surface area (Å²) in [6.07, 6.45) is 3.05. The molecule has 1 aliphatic rings. The zero-order chi connectivity index (χ0) is 13.9. The van der Waals surface area contributed by atoms with Crippen molar-refractivity contribution in [2.75, 3.05) is 20.8 Å². The summed E-state index contributed by atoms with van der Waals surface area (Å²) in [4.78, 5) is 12.8. The molecule has 1 fully saturated rings. The Morgan fingerprint density at radius 1 is 1.26 bits per heavy atom. The van der Waals surface area contributed by atoms with Crippen LogP contribution in [-0.4, -0.2) is 32.1 Å². The zero-order valence-corrected chi connectivity index (χ0v) is 11.8. The first-order chi connectivity index (χ1) is 9.10. The summed E-state index contributed by atoms with van der Waals surface area (Å²) >= 11 is 0. The van der Waals surface area contributed by atoms with Gasteiger partial charge in [-0.3, -0.25) is 4.79 Å². The van der Waals surface area contributed by atoms with Crippen molar-refractivity contribution in [3.8, 4) is 11.5 Å². The Hall–Kier alpha value is -1.55. The van der Waals surface area contributed by atoms with Crippen LogP contribution in [0.3, 0.4) is 0 Å². The van der Waals surface area contributed by atoms with Gasteiger partial charge in [-0.1, -0.05) is 0 Å². The predicted octanol–water partition coefficient (Wildman–Crippen LogP) is 2.42. The van der Waals surface area contributed by atoms with Crippen molar-refractivity contribution in [3.63, 3.8) is 0 Å². The van der Waals surface area contributed by atoms with Crippen molar-refractivity contribution in [3.05, 3.63) is 23.8 Å². The first-order valence-electron chi connectivity index (χ1n) is 6.62. The van der Waals surface area contributed by atoms with Crippen molar-refractivity contribution in [2.24, 2.45) is 0 Å². The number of hydrogen-bond donors (Lipinski definition) is 1. The van der Waals surface area contributed by atoms with Crippen LogP contribution in [0.15, 0.2) is 18.2 Å². The minimum absolute atomic E-state index is 0.0722. The number of benzene rings is 1. The van der Waals surface area contributed by atoms with Gasteiger partial charge in [0.25, 0.3) is 0 Å². The molecule has 19 heavy (non-hydrogen) atoms. The number of rotatable bonds is 4. The Balaban J connectivity index is 2.36. The summed E-state index contributed by atoms with van der Waals surface area (Å²) < 4.78 is 10.5. The monoisotopic (exact) mass is 263 g/mol. The SMILES string of the molecule is COc1ccc(OC)c(C(=O)C2(C)CCCCN2)c1. The van der Waals surface area contributed by atoms with Gasteiger partial charge in [0.1, 0.15) is 11.5 Å². The van der Waals surface area contributed by atoms with E-state index in [9.17, 15) is 4.79 Å². The Morgan fingerprint density at radius 2 is 2.05 bits per heavy atom. The standard InChI is InChI=1S/C15H21NO3/c1-15(8-4-5-9-16-15)14(17)12-10-11(18-2)6-7-13(12)19-3/h6-7,10,16H,4-5,8-9H2,1-3H3. The van der Waals surface area contributed by atoms with Crippen LogP contribution in [0.2, 0.25) is 0 Å². The quantitative estimate of drug-likeness (QED) is 0.847. The Labute approximate surface area is 114 Å². The average molecular weight is 263 g/mol. The van der Waals surface area contributed by atoms with Crippen LogP contribution in [-0.2, 0) is 0 Å². The van der Waals surface area contributed by atoms with Crippen LogP contribution >= 0.6 is 0 Å². The highest BCUT2D eigenvalue weighted by Gasteiger charge is 2.36. The molecule has 0 aliphatic carbocycles. The van der Waals surface area contributed by atoms with Gasteiger partial charge in [0.2, 0.25) is 0 Å². The third kappa shape index (κ3) is 2.73. The number of ketones is 1. The Kier molecular flexibility index (Phi) is 4.10. The maximum Gasteiger partial charge on any atom is 0.186 e. The summed E-state index contributed by atoms with van der Waals surface area (Å²) in [5, 5.41) is 3.34. The maximum atomic E-state index is 12.8. The minimum atomic E-state index is -0.502. The molecule has 2 rings (SSSR count). The molecule has 4 heteroatoms. The van der Waals surface area contributed by atoms with E-state index >= 15 is 0 Å². The summed E-state index contributed by atoms with van der Waals surface area (Å²) in [5.41, 5.74) is 0.0801. The van der Waals surface area contributed by atoms with Gasteiger partial charge in [-0.05, 0) is 50.9 Å². The fourth-order valence-electron chi connectivity index (χ4n) is 2.54. The molecule has 1 aromatic carbocycles. The first-order valence-corrected chi connectivity index (χ1v) is 6.62. The summed E-state index contributed by atoms with van der Waals surface area (Å²) in [6, 6.07) is 5.33. The summed E-state index contributed by atoms with van der Waals surface area (Å²) in [5.74, 6) is 1.34. The first kappa shape index (κ1) is 13.9. The molecule has 4 nitrogen and oxygen atoms in total. The highest BCUT2D eigenvalue weighted by atomic mass is 16.5. The summed E-state index contributed by atoms with van der Waals surface area (Å²) in [6.45, 7) is 2.85. The Morgan fingerprint density at radius 3 is 2.63 bits per heavy atom. The van der Waals surface area contributed by atoms with E-state index in [2.05, 4.69) is 5.32 Å². The number of piperidine rings is 1.